The van der Waals surface area contributed by atoms with E-state index in [1.165, 1.54) is 0 Å². The molecule has 0 spiro atoms. The minimum atomic E-state index is -3.37. The molecule has 0 radical (unpaired) electrons. The molecule has 0 bridgehead atoms. The quantitative estimate of drug-likeness (QED) is 0.932. The third kappa shape index (κ3) is 2.13. The minimum Gasteiger partial charge on any atom is -0.384 e. The van der Waals surface area contributed by atoms with Crippen molar-refractivity contribution in [3.63, 3.8) is 0 Å². The van der Waals surface area contributed by atoms with Crippen LogP contribution in [0.3, 0.4) is 0 Å². The molecule has 0 aromatic heterocycles. The maximum atomic E-state index is 12.9. The van der Waals surface area contributed by atoms with Gasteiger partial charge in [0.05, 0.1) is 4.90 Å². The molecule has 110 valence electrons. The normalized spacial score (nSPS) is 26.5. The molecule has 5 heteroatoms. The molecule has 4 nitrogen and oxygen atoms in total. The summed E-state index contributed by atoms with van der Waals surface area (Å²) in [6.07, 6.45) is 3.73. The van der Waals surface area contributed by atoms with Gasteiger partial charge in [-0.25, -0.2) is 8.42 Å². The number of hydrogen-bond donors (Lipinski definition) is 1. The third-order valence-electron chi connectivity index (χ3n) is 4.55. The molecule has 1 saturated heterocycles. The molecule has 2 aliphatic rings. The Morgan fingerprint density at radius 2 is 2.15 bits per heavy atom. The van der Waals surface area contributed by atoms with Gasteiger partial charge in [-0.15, -0.1) is 0 Å². The summed E-state index contributed by atoms with van der Waals surface area (Å²) in [4.78, 5) is 0.451. The summed E-state index contributed by atoms with van der Waals surface area (Å²) in [5, 5.41) is 3.27. The van der Waals surface area contributed by atoms with Crippen LogP contribution in [0.25, 0.3) is 0 Å². The number of fused-ring (bicyclic) bond motifs is 1. The van der Waals surface area contributed by atoms with Gasteiger partial charge in [0.15, 0.2) is 0 Å². The summed E-state index contributed by atoms with van der Waals surface area (Å²) in [5.74, 6) is 0. The first-order valence-corrected chi connectivity index (χ1v) is 8.88. The van der Waals surface area contributed by atoms with Crippen LogP contribution in [0.1, 0.15) is 38.7 Å². The summed E-state index contributed by atoms with van der Waals surface area (Å²) in [5.41, 5.74) is 2.19. The zero-order valence-electron chi connectivity index (χ0n) is 12.1. The lowest BCUT2D eigenvalue weighted by atomic mass is 10.2. The zero-order chi connectivity index (χ0) is 14.3. The molecular formula is C15H22N2O2S. The Labute approximate surface area is 121 Å². The Bertz CT molecular complexity index is 612. The molecule has 0 aliphatic carbocycles. The predicted octanol–water partition coefficient (Wildman–Crippen LogP) is 2.61. The first-order chi connectivity index (χ1) is 9.54. The zero-order valence-corrected chi connectivity index (χ0v) is 12.9. The fourth-order valence-corrected chi connectivity index (χ4v) is 5.43. The molecule has 0 amide bonds. The number of sulfonamides is 1. The van der Waals surface area contributed by atoms with E-state index in [1.807, 2.05) is 19.1 Å². The molecule has 1 fully saturated rings. The second kappa shape index (κ2) is 5.04. The summed E-state index contributed by atoms with van der Waals surface area (Å²) < 4.78 is 27.6. The van der Waals surface area contributed by atoms with E-state index < -0.39 is 10.0 Å². The van der Waals surface area contributed by atoms with Crippen molar-refractivity contribution in [2.24, 2.45) is 0 Å². The average Bonchev–Trinajstić information content (AvgIpc) is 3.03. The molecule has 20 heavy (non-hydrogen) atoms. The number of nitrogens with one attached hydrogen (secondary N) is 1. The molecule has 1 aromatic carbocycles. The van der Waals surface area contributed by atoms with Gasteiger partial charge in [-0.2, -0.15) is 4.31 Å². The molecule has 1 N–H and O–H groups in total. The fourth-order valence-electron chi connectivity index (χ4n) is 3.43. The molecule has 2 atom stereocenters. The maximum absolute atomic E-state index is 12.9. The Hall–Kier alpha value is -1.07. The van der Waals surface area contributed by atoms with Crippen LogP contribution >= 0.6 is 0 Å². The van der Waals surface area contributed by atoms with Crippen molar-refractivity contribution in [1.82, 2.24) is 4.31 Å². The lowest BCUT2D eigenvalue weighted by Crippen LogP contribution is -2.39. The lowest BCUT2D eigenvalue weighted by molar-refractivity contribution is 0.328. The van der Waals surface area contributed by atoms with Gasteiger partial charge >= 0.3 is 0 Å². The van der Waals surface area contributed by atoms with Gasteiger partial charge in [0.25, 0.3) is 0 Å². The van der Waals surface area contributed by atoms with Crippen LogP contribution in [-0.2, 0) is 16.4 Å². The van der Waals surface area contributed by atoms with Crippen molar-refractivity contribution in [2.75, 3.05) is 11.9 Å². The Morgan fingerprint density at radius 3 is 2.90 bits per heavy atom. The summed E-state index contributed by atoms with van der Waals surface area (Å²) in [6, 6.07) is 5.75. The van der Waals surface area contributed by atoms with E-state index in [0.29, 0.717) is 4.90 Å². The van der Waals surface area contributed by atoms with Crippen LogP contribution in [0.5, 0.6) is 0 Å². The van der Waals surface area contributed by atoms with Crippen molar-refractivity contribution in [1.29, 1.82) is 0 Å². The van der Waals surface area contributed by atoms with Crippen LogP contribution in [0.15, 0.2) is 23.1 Å². The van der Waals surface area contributed by atoms with Gasteiger partial charge in [-0.05, 0) is 56.4 Å². The van der Waals surface area contributed by atoms with Crippen LogP contribution in [0.2, 0.25) is 0 Å². The fraction of sp³-hybridized carbons (Fsp3) is 0.600. The monoisotopic (exact) mass is 294 g/mol. The molecule has 3 rings (SSSR count). The SMILES string of the molecule is CCC1CCC(C)N1S(=O)(=O)c1ccc2c(c1)CCN2. The van der Waals surface area contributed by atoms with Crippen LogP contribution < -0.4 is 5.32 Å². The number of hydrogen-bond acceptors (Lipinski definition) is 3. The first kappa shape index (κ1) is 13.9. The predicted molar refractivity (Wildman–Crippen MR) is 80.4 cm³/mol. The van der Waals surface area contributed by atoms with Gasteiger partial charge in [-0.1, -0.05) is 6.92 Å². The smallest absolute Gasteiger partial charge is 0.243 e. The topological polar surface area (TPSA) is 49.4 Å². The van der Waals surface area contributed by atoms with Gasteiger partial charge in [0.1, 0.15) is 0 Å². The van der Waals surface area contributed by atoms with Crippen molar-refractivity contribution >= 4 is 15.7 Å². The van der Waals surface area contributed by atoms with E-state index in [4.69, 9.17) is 0 Å². The van der Waals surface area contributed by atoms with E-state index in [0.717, 1.165) is 43.5 Å². The average molecular weight is 294 g/mol. The highest BCUT2D eigenvalue weighted by atomic mass is 32.2. The van der Waals surface area contributed by atoms with Gasteiger partial charge < -0.3 is 5.32 Å². The number of anilines is 1. The Balaban J connectivity index is 1.99. The van der Waals surface area contributed by atoms with Gasteiger partial charge in [-0.3, -0.25) is 0 Å². The van der Waals surface area contributed by atoms with Crippen LogP contribution in [0.4, 0.5) is 5.69 Å². The molecule has 2 aliphatic heterocycles. The highest BCUT2D eigenvalue weighted by molar-refractivity contribution is 7.89. The number of rotatable bonds is 3. The standard InChI is InChI=1S/C15H22N2O2S/c1-3-13-5-4-11(2)17(13)20(18,19)14-6-7-15-12(10-14)8-9-16-15/h6-7,10-11,13,16H,3-5,8-9H2,1-2H3. The molecule has 2 heterocycles. The molecule has 1 aromatic rings. The summed E-state index contributed by atoms with van der Waals surface area (Å²) in [7, 11) is -3.37. The Kier molecular flexibility index (Phi) is 3.50. The lowest BCUT2D eigenvalue weighted by Gasteiger charge is -2.27. The summed E-state index contributed by atoms with van der Waals surface area (Å²) in [6.45, 7) is 4.98. The number of nitrogens with zero attached hydrogens (tertiary/aromatic N) is 1. The Morgan fingerprint density at radius 1 is 1.35 bits per heavy atom. The van der Waals surface area contributed by atoms with Gasteiger partial charge in [0.2, 0.25) is 10.0 Å². The van der Waals surface area contributed by atoms with Gasteiger partial charge in [0, 0.05) is 24.3 Å². The van der Waals surface area contributed by atoms with Crippen molar-refractivity contribution in [3.8, 4) is 0 Å². The molecule has 2 unspecified atom stereocenters. The molecule has 0 saturated carbocycles. The first-order valence-electron chi connectivity index (χ1n) is 7.44. The van der Waals surface area contributed by atoms with E-state index in [2.05, 4.69) is 12.2 Å². The minimum absolute atomic E-state index is 0.108. The summed E-state index contributed by atoms with van der Waals surface area (Å²) >= 11 is 0. The van der Waals surface area contributed by atoms with Crippen molar-refractivity contribution in [3.05, 3.63) is 23.8 Å². The van der Waals surface area contributed by atoms with E-state index in [-0.39, 0.29) is 12.1 Å². The third-order valence-corrected chi connectivity index (χ3v) is 6.61. The van der Waals surface area contributed by atoms with E-state index in [9.17, 15) is 8.42 Å². The highest BCUT2D eigenvalue weighted by Crippen LogP contribution is 2.34. The maximum Gasteiger partial charge on any atom is 0.243 e. The van der Waals surface area contributed by atoms with Crippen LogP contribution in [0, 0.1) is 0 Å². The van der Waals surface area contributed by atoms with E-state index in [1.54, 1.807) is 10.4 Å². The second-order valence-corrected chi connectivity index (χ2v) is 7.66. The largest absolute Gasteiger partial charge is 0.384 e. The highest BCUT2D eigenvalue weighted by Gasteiger charge is 2.39. The van der Waals surface area contributed by atoms with Crippen LogP contribution in [-0.4, -0.2) is 31.4 Å². The number of benzene rings is 1. The second-order valence-electron chi connectivity index (χ2n) is 5.82. The van der Waals surface area contributed by atoms with Crippen molar-refractivity contribution < 1.29 is 8.42 Å². The van der Waals surface area contributed by atoms with E-state index >= 15 is 0 Å². The molecular weight excluding hydrogens is 272 g/mol. The van der Waals surface area contributed by atoms with Crippen molar-refractivity contribution in [2.45, 2.75) is 56.5 Å².